The molecule has 2 unspecified atom stereocenters. The standard InChI is InChI=1S/C21H20O7/c1-9(22)21(27)7-6-10-12(8-21)19(25)15-16(17(10)23)20(26)14-11(18(15)24)4-3-5-13(14)28-2/h3-5,9,22-23,25,27H,6-8H2,1-2H3. The fourth-order valence-corrected chi connectivity index (χ4v) is 4.20. The minimum atomic E-state index is -1.49. The number of aliphatic hydroxyl groups is 2. The van der Waals surface area contributed by atoms with Crippen molar-refractivity contribution < 1.29 is 34.8 Å². The number of carbonyl (C=O) groups excluding carboxylic acids is 2. The third-order valence-corrected chi connectivity index (χ3v) is 5.90. The van der Waals surface area contributed by atoms with Gasteiger partial charge in [-0.2, -0.15) is 0 Å². The van der Waals surface area contributed by atoms with Crippen molar-refractivity contribution in [2.24, 2.45) is 0 Å². The fraction of sp³-hybridized carbons (Fsp3) is 0.333. The van der Waals surface area contributed by atoms with Crippen LogP contribution in [0.25, 0.3) is 0 Å². The third kappa shape index (κ3) is 2.30. The van der Waals surface area contributed by atoms with Gasteiger partial charge in [-0.05, 0) is 25.8 Å². The Kier molecular flexibility index (Phi) is 3.99. The van der Waals surface area contributed by atoms with Gasteiger partial charge >= 0.3 is 0 Å². The maximum absolute atomic E-state index is 13.1. The van der Waals surface area contributed by atoms with Crippen molar-refractivity contribution in [2.45, 2.75) is 37.9 Å². The molecule has 7 heteroatoms. The highest BCUT2D eigenvalue weighted by Gasteiger charge is 2.44. The molecule has 2 aromatic carbocycles. The highest BCUT2D eigenvalue weighted by atomic mass is 16.5. The van der Waals surface area contributed by atoms with Gasteiger partial charge in [0.05, 0.1) is 35.5 Å². The number of aliphatic hydroxyl groups excluding tert-OH is 1. The number of aromatic hydroxyl groups is 2. The van der Waals surface area contributed by atoms with E-state index in [1.54, 1.807) is 12.1 Å². The maximum atomic E-state index is 13.1. The number of rotatable bonds is 2. The van der Waals surface area contributed by atoms with Crippen LogP contribution in [0.5, 0.6) is 17.2 Å². The molecule has 0 amide bonds. The van der Waals surface area contributed by atoms with Crippen molar-refractivity contribution in [1.29, 1.82) is 0 Å². The number of hydrogen-bond acceptors (Lipinski definition) is 7. The Morgan fingerprint density at radius 3 is 2.32 bits per heavy atom. The zero-order valence-electron chi connectivity index (χ0n) is 15.4. The molecular weight excluding hydrogens is 364 g/mol. The zero-order valence-corrected chi connectivity index (χ0v) is 15.4. The van der Waals surface area contributed by atoms with Crippen LogP contribution in [0.4, 0.5) is 0 Å². The van der Waals surface area contributed by atoms with Crippen molar-refractivity contribution in [1.82, 2.24) is 0 Å². The summed E-state index contributed by atoms with van der Waals surface area (Å²) in [6.07, 6.45) is -0.922. The predicted octanol–water partition coefficient (Wildman–Crippen LogP) is 1.48. The van der Waals surface area contributed by atoms with Gasteiger partial charge in [0.2, 0.25) is 5.78 Å². The summed E-state index contributed by atoms with van der Waals surface area (Å²) >= 11 is 0. The number of phenolic OH excluding ortho intramolecular Hbond substituents is 2. The predicted molar refractivity (Wildman–Crippen MR) is 98.3 cm³/mol. The molecule has 0 saturated heterocycles. The van der Waals surface area contributed by atoms with E-state index in [4.69, 9.17) is 4.74 Å². The number of methoxy groups -OCH3 is 1. The molecule has 0 heterocycles. The van der Waals surface area contributed by atoms with Crippen LogP contribution < -0.4 is 4.74 Å². The summed E-state index contributed by atoms with van der Waals surface area (Å²) < 4.78 is 5.20. The number of benzene rings is 2. The second-order valence-corrected chi connectivity index (χ2v) is 7.40. The Morgan fingerprint density at radius 1 is 1.04 bits per heavy atom. The van der Waals surface area contributed by atoms with Gasteiger partial charge in [0.15, 0.2) is 5.78 Å². The minimum absolute atomic E-state index is 0.0495. The number of phenols is 2. The van der Waals surface area contributed by atoms with Crippen molar-refractivity contribution in [3.8, 4) is 17.2 Å². The summed E-state index contributed by atoms with van der Waals surface area (Å²) in [4.78, 5) is 26.2. The van der Waals surface area contributed by atoms with Gasteiger partial charge in [0, 0.05) is 23.1 Å². The van der Waals surface area contributed by atoms with Crippen LogP contribution in [0.3, 0.4) is 0 Å². The fourth-order valence-electron chi connectivity index (χ4n) is 4.20. The molecule has 2 aliphatic rings. The topological polar surface area (TPSA) is 124 Å². The Labute approximate surface area is 160 Å². The van der Waals surface area contributed by atoms with Crippen LogP contribution in [0, 0.1) is 0 Å². The molecule has 2 atom stereocenters. The molecular formula is C21H20O7. The summed E-state index contributed by atoms with van der Waals surface area (Å²) in [5, 5.41) is 42.2. The lowest BCUT2D eigenvalue weighted by atomic mass is 9.73. The highest BCUT2D eigenvalue weighted by Crippen LogP contribution is 2.48. The first-order valence-corrected chi connectivity index (χ1v) is 8.97. The van der Waals surface area contributed by atoms with Crippen LogP contribution in [0.1, 0.15) is 56.3 Å². The number of ether oxygens (including phenoxy) is 1. The molecule has 0 saturated carbocycles. The average molecular weight is 384 g/mol. The molecule has 4 rings (SSSR count). The van der Waals surface area contributed by atoms with E-state index in [1.165, 1.54) is 20.1 Å². The van der Waals surface area contributed by atoms with Gasteiger partial charge in [0.25, 0.3) is 0 Å². The molecule has 7 nitrogen and oxygen atoms in total. The van der Waals surface area contributed by atoms with Crippen LogP contribution in [-0.2, 0) is 12.8 Å². The lowest BCUT2D eigenvalue weighted by molar-refractivity contribution is -0.0748. The Hall–Kier alpha value is -2.90. The van der Waals surface area contributed by atoms with E-state index in [0.29, 0.717) is 5.56 Å². The quantitative estimate of drug-likeness (QED) is 0.493. The number of hydrogen-bond donors (Lipinski definition) is 4. The molecule has 2 aliphatic carbocycles. The molecule has 0 fully saturated rings. The first-order valence-electron chi connectivity index (χ1n) is 8.97. The van der Waals surface area contributed by atoms with Crippen molar-refractivity contribution in [3.63, 3.8) is 0 Å². The van der Waals surface area contributed by atoms with Crippen molar-refractivity contribution >= 4 is 11.6 Å². The van der Waals surface area contributed by atoms with E-state index in [1.807, 2.05) is 0 Å². The van der Waals surface area contributed by atoms with Gasteiger partial charge in [-0.3, -0.25) is 9.59 Å². The molecule has 28 heavy (non-hydrogen) atoms. The smallest absolute Gasteiger partial charge is 0.202 e. The monoisotopic (exact) mass is 384 g/mol. The molecule has 0 radical (unpaired) electrons. The number of fused-ring (bicyclic) bond motifs is 3. The summed E-state index contributed by atoms with van der Waals surface area (Å²) in [7, 11) is 1.38. The van der Waals surface area contributed by atoms with Crippen LogP contribution in [0.15, 0.2) is 18.2 Å². The lowest BCUT2D eigenvalue weighted by Crippen LogP contribution is -2.45. The van der Waals surface area contributed by atoms with E-state index in [0.717, 1.165) is 0 Å². The molecule has 0 bridgehead atoms. The molecule has 4 N–H and O–H groups in total. The normalized spacial score (nSPS) is 21.6. The van der Waals surface area contributed by atoms with Gasteiger partial charge in [-0.15, -0.1) is 0 Å². The maximum Gasteiger partial charge on any atom is 0.202 e. The van der Waals surface area contributed by atoms with Crippen LogP contribution >= 0.6 is 0 Å². The number of carbonyl (C=O) groups is 2. The Morgan fingerprint density at radius 2 is 1.68 bits per heavy atom. The minimum Gasteiger partial charge on any atom is -0.507 e. The van der Waals surface area contributed by atoms with E-state index in [9.17, 15) is 30.0 Å². The summed E-state index contributed by atoms with van der Waals surface area (Å²) in [6.45, 7) is 1.44. The van der Waals surface area contributed by atoms with Crippen LogP contribution in [0.2, 0.25) is 0 Å². The zero-order chi connectivity index (χ0) is 20.4. The van der Waals surface area contributed by atoms with Crippen LogP contribution in [-0.4, -0.2) is 50.8 Å². The summed E-state index contributed by atoms with van der Waals surface area (Å²) in [5.41, 5.74) is -1.41. The first kappa shape index (κ1) is 18.5. The highest BCUT2D eigenvalue weighted by molar-refractivity contribution is 6.31. The van der Waals surface area contributed by atoms with Gasteiger partial charge in [-0.25, -0.2) is 0 Å². The molecule has 2 aromatic rings. The third-order valence-electron chi connectivity index (χ3n) is 5.90. The van der Waals surface area contributed by atoms with Gasteiger partial charge in [-0.1, -0.05) is 12.1 Å². The van der Waals surface area contributed by atoms with Gasteiger partial charge in [0.1, 0.15) is 17.2 Å². The molecule has 0 aromatic heterocycles. The second kappa shape index (κ2) is 6.05. The van der Waals surface area contributed by atoms with E-state index in [-0.39, 0.29) is 58.6 Å². The van der Waals surface area contributed by atoms with Gasteiger partial charge < -0.3 is 25.2 Å². The molecule has 0 aliphatic heterocycles. The SMILES string of the molecule is COc1cccc2c1C(=O)c1c(O)c3c(c(O)c1C2=O)CC(O)(C(C)O)CC3. The van der Waals surface area contributed by atoms with E-state index >= 15 is 0 Å². The van der Waals surface area contributed by atoms with Crippen molar-refractivity contribution in [3.05, 3.63) is 51.6 Å². The molecule has 146 valence electrons. The Balaban J connectivity index is 1.99. The summed E-state index contributed by atoms with van der Waals surface area (Å²) in [6, 6.07) is 4.57. The van der Waals surface area contributed by atoms with E-state index < -0.39 is 29.0 Å². The molecule has 0 spiro atoms. The lowest BCUT2D eigenvalue weighted by Gasteiger charge is -2.37. The largest absolute Gasteiger partial charge is 0.507 e. The van der Waals surface area contributed by atoms with Crippen molar-refractivity contribution in [2.75, 3.05) is 7.11 Å². The Bertz CT molecular complexity index is 1040. The average Bonchev–Trinajstić information content (AvgIpc) is 2.68. The number of ketones is 2. The second-order valence-electron chi connectivity index (χ2n) is 7.40. The first-order chi connectivity index (χ1) is 13.2. The van der Waals surface area contributed by atoms with E-state index in [2.05, 4.69) is 0 Å². The summed E-state index contributed by atoms with van der Waals surface area (Å²) in [5.74, 6) is -1.81.